The van der Waals surface area contributed by atoms with Crippen LogP contribution in [0.3, 0.4) is 0 Å². The standard InChI is InChI=1S/C15H24N4O2/c1-11-9-16-3-4-19(11)14-7-13(8-15(20)17-14)18-5-6-21-10-12(18)2/h7-8,11-12,16H,3-6,9-10H2,1-2H3,(H,17,20)/t11?,12-/m1/s1. The Balaban J connectivity index is 1.90. The van der Waals surface area contributed by atoms with Gasteiger partial charge in [0, 0.05) is 56.1 Å². The summed E-state index contributed by atoms with van der Waals surface area (Å²) in [7, 11) is 0. The van der Waals surface area contributed by atoms with E-state index in [2.05, 4.69) is 40.0 Å². The van der Waals surface area contributed by atoms with Crippen LogP contribution in [0.15, 0.2) is 16.9 Å². The number of nitrogens with zero attached hydrogens (tertiary/aromatic N) is 2. The minimum absolute atomic E-state index is 0.0353. The van der Waals surface area contributed by atoms with Crippen molar-refractivity contribution in [3.63, 3.8) is 0 Å². The molecule has 0 saturated carbocycles. The number of hydrogen-bond donors (Lipinski definition) is 2. The van der Waals surface area contributed by atoms with E-state index < -0.39 is 0 Å². The second-order valence-corrected chi connectivity index (χ2v) is 5.95. The average molecular weight is 292 g/mol. The third-order valence-electron chi connectivity index (χ3n) is 4.32. The highest BCUT2D eigenvalue weighted by atomic mass is 16.5. The molecule has 2 aliphatic heterocycles. The second kappa shape index (κ2) is 6.07. The van der Waals surface area contributed by atoms with Crippen molar-refractivity contribution in [2.75, 3.05) is 49.2 Å². The smallest absolute Gasteiger partial charge is 0.251 e. The predicted octanol–water partition coefficient (Wildman–Crippen LogP) is 0.398. The number of hydrogen-bond acceptors (Lipinski definition) is 5. The molecule has 1 aromatic heterocycles. The molecule has 3 heterocycles. The number of aromatic nitrogens is 1. The first kappa shape index (κ1) is 14.4. The third kappa shape index (κ3) is 3.06. The van der Waals surface area contributed by atoms with Crippen LogP contribution in [0.1, 0.15) is 13.8 Å². The molecule has 0 radical (unpaired) electrons. The number of H-pyrrole nitrogens is 1. The lowest BCUT2D eigenvalue weighted by molar-refractivity contribution is 0.0989. The molecule has 2 N–H and O–H groups in total. The molecule has 21 heavy (non-hydrogen) atoms. The summed E-state index contributed by atoms with van der Waals surface area (Å²) in [5, 5.41) is 3.37. The Morgan fingerprint density at radius 1 is 1.19 bits per heavy atom. The molecule has 1 aromatic rings. The van der Waals surface area contributed by atoms with E-state index in [0.717, 1.165) is 44.3 Å². The molecule has 6 nitrogen and oxygen atoms in total. The van der Waals surface area contributed by atoms with Crippen molar-refractivity contribution >= 4 is 11.5 Å². The van der Waals surface area contributed by atoms with Gasteiger partial charge in [0.05, 0.1) is 13.2 Å². The maximum atomic E-state index is 12.1. The van der Waals surface area contributed by atoms with E-state index in [4.69, 9.17) is 4.74 Å². The highest BCUT2D eigenvalue weighted by Gasteiger charge is 2.23. The fourth-order valence-electron chi connectivity index (χ4n) is 3.14. The second-order valence-electron chi connectivity index (χ2n) is 5.95. The lowest BCUT2D eigenvalue weighted by Gasteiger charge is -2.38. The monoisotopic (exact) mass is 292 g/mol. The third-order valence-corrected chi connectivity index (χ3v) is 4.32. The molecule has 0 bridgehead atoms. The molecule has 2 atom stereocenters. The Labute approximate surface area is 125 Å². The van der Waals surface area contributed by atoms with E-state index in [9.17, 15) is 4.79 Å². The largest absolute Gasteiger partial charge is 0.377 e. The molecule has 0 aliphatic carbocycles. The van der Waals surface area contributed by atoms with Gasteiger partial charge in [0.2, 0.25) is 0 Å². The van der Waals surface area contributed by atoms with Gasteiger partial charge in [-0.05, 0) is 13.8 Å². The van der Waals surface area contributed by atoms with Crippen molar-refractivity contribution in [3.05, 3.63) is 22.5 Å². The number of rotatable bonds is 2. The normalized spacial score (nSPS) is 27.0. The zero-order valence-electron chi connectivity index (χ0n) is 12.8. The first-order chi connectivity index (χ1) is 10.1. The first-order valence-electron chi connectivity index (χ1n) is 7.71. The van der Waals surface area contributed by atoms with Crippen LogP contribution < -0.4 is 20.7 Å². The Hall–Kier alpha value is -1.53. The Kier molecular flexibility index (Phi) is 4.17. The number of nitrogens with one attached hydrogen (secondary N) is 2. The van der Waals surface area contributed by atoms with E-state index in [1.54, 1.807) is 6.07 Å². The van der Waals surface area contributed by atoms with E-state index in [1.165, 1.54) is 0 Å². The van der Waals surface area contributed by atoms with Crippen LogP contribution in [0.4, 0.5) is 11.5 Å². The van der Waals surface area contributed by atoms with Crippen LogP contribution in [0.5, 0.6) is 0 Å². The summed E-state index contributed by atoms with van der Waals surface area (Å²) in [6.45, 7) is 9.38. The van der Waals surface area contributed by atoms with Crippen LogP contribution >= 0.6 is 0 Å². The zero-order valence-corrected chi connectivity index (χ0v) is 12.8. The fourth-order valence-corrected chi connectivity index (χ4v) is 3.14. The molecule has 3 rings (SSSR count). The molecule has 0 amide bonds. The van der Waals surface area contributed by atoms with Crippen molar-refractivity contribution in [1.29, 1.82) is 0 Å². The highest BCUT2D eigenvalue weighted by Crippen LogP contribution is 2.23. The molecular weight excluding hydrogens is 268 g/mol. The van der Waals surface area contributed by atoms with Gasteiger partial charge in [-0.3, -0.25) is 4.79 Å². The minimum Gasteiger partial charge on any atom is -0.377 e. The molecule has 0 spiro atoms. The van der Waals surface area contributed by atoms with Gasteiger partial charge in [-0.2, -0.15) is 0 Å². The van der Waals surface area contributed by atoms with Crippen molar-refractivity contribution in [1.82, 2.24) is 10.3 Å². The topological polar surface area (TPSA) is 60.6 Å². The lowest BCUT2D eigenvalue weighted by atomic mass is 10.2. The average Bonchev–Trinajstić information content (AvgIpc) is 2.47. The van der Waals surface area contributed by atoms with Gasteiger partial charge < -0.3 is 24.8 Å². The van der Waals surface area contributed by atoms with Gasteiger partial charge in [-0.15, -0.1) is 0 Å². The van der Waals surface area contributed by atoms with Crippen LogP contribution in [-0.4, -0.2) is 56.5 Å². The summed E-state index contributed by atoms with van der Waals surface area (Å²) in [5.74, 6) is 0.921. The highest BCUT2D eigenvalue weighted by molar-refractivity contribution is 5.56. The van der Waals surface area contributed by atoms with Gasteiger partial charge in [0.25, 0.3) is 5.56 Å². The zero-order chi connectivity index (χ0) is 14.8. The van der Waals surface area contributed by atoms with Gasteiger partial charge >= 0.3 is 0 Å². The summed E-state index contributed by atoms with van der Waals surface area (Å²) in [6.07, 6.45) is 0. The maximum absolute atomic E-state index is 12.1. The molecule has 6 heteroatoms. The summed E-state index contributed by atoms with van der Waals surface area (Å²) >= 11 is 0. The van der Waals surface area contributed by atoms with Crippen molar-refractivity contribution in [3.8, 4) is 0 Å². The number of aromatic amines is 1. The molecule has 2 saturated heterocycles. The molecule has 2 fully saturated rings. The Morgan fingerprint density at radius 3 is 2.81 bits per heavy atom. The van der Waals surface area contributed by atoms with Gasteiger partial charge in [0.1, 0.15) is 5.82 Å². The summed E-state index contributed by atoms with van der Waals surface area (Å²) in [6, 6.07) is 4.48. The fraction of sp³-hybridized carbons (Fsp3) is 0.667. The van der Waals surface area contributed by atoms with Crippen LogP contribution in [-0.2, 0) is 4.74 Å². The number of anilines is 2. The van der Waals surface area contributed by atoms with Crippen molar-refractivity contribution < 1.29 is 4.74 Å². The maximum Gasteiger partial charge on any atom is 0.251 e. The van der Waals surface area contributed by atoms with E-state index >= 15 is 0 Å². The van der Waals surface area contributed by atoms with E-state index in [0.29, 0.717) is 18.7 Å². The van der Waals surface area contributed by atoms with Crippen LogP contribution in [0.25, 0.3) is 0 Å². The minimum atomic E-state index is -0.0353. The first-order valence-corrected chi connectivity index (χ1v) is 7.71. The number of piperazine rings is 1. The number of pyridine rings is 1. The predicted molar refractivity (Wildman–Crippen MR) is 84.4 cm³/mol. The number of ether oxygens (including phenoxy) is 1. The molecule has 116 valence electrons. The van der Waals surface area contributed by atoms with Crippen molar-refractivity contribution in [2.45, 2.75) is 25.9 Å². The summed E-state index contributed by atoms with van der Waals surface area (Å²) < 4.78 is 5.48. The quantitative estimate of drug-likeness (QED) is 0.826. The van der Waals surface area contributed by atoms with Gasteiger partial charge in [-0.25, -0.2) is 0 Å². The molecular formula is C15H24N4O2. The Bertz CT molecular complexity index is 501. The number of morpholine rings is 1. The lowest BCUT2D eigenvalue weighted by Crippen LogP contribution is -2.50. The van der Waals surface area contributed by atoms with Gasteiger partial charge in [0.15, 0.2) is 0 Å². The van der Waals surface area contributed by atoms with Crippen LogP contribution in [0.2, 0.25) is 0 Å². The van der Waals surface area contributed by atoms with Crippen molar-refractivity contribution in [2.24, 2.45) is 0 Å². The molecule has 0 aromatic carbocycles. The van der Waals surface area contributed by atoms with Gasteiger partial charge in [-0.1, -0.05) is 0 Å². The Morgan fingerprint density at radius 2 is 2.05 bits per heavy atom. The summed E-state index contributed by atoms with van der Waals surface area (Å²) in [4.78, 5) is 19.6. The summed E-state index contributed by atoms with van der Waals surface area (Å²) in [5.41, 5.74) is 0.960. The van der Waals surface area contributed by atoms with Crippen LogP contribution in [0, 0.1) is 0 Å². The molecule has 1 unspecified atom stereocenters. The van der Waals surface area contributed by atoms with E-state index in [1.807, 2.05) is 0 Å². The SMILES string of the molecule is CC1CNCCN1c1cc(N2CCOC[C@H]2C)cc(=O)[nH]1. The van der Waals surface area contributed by atoms with E-state index in [-0.39, 0.29) is 5.56 Å². The molecule has 2 aliphatic rings.